The number of ether oxygens (including phenoxy) is 1. The molecule has 1 fully saturated rings. The van der Waals surface area contributed by atoms with Crippen molar-refractivity contribution in [2.45, 2.75) is 23.2 Å². The molecule has 1 aromatic carbocycles. The maximum atomic E-state index is 11.7. The highest BCUT2D eigenvalue weighted by Gasteiger charge is 2.41. The van der Waals surface area contributed by atoms with Crippen molar-refractivity contribution >= 4 is 17.7 Å². The summed E-state index contributed by atoms with van der Waals surface area (Å²) in [6, 6.07) is 9.44. The van der Waals surface area contributed by atoms with E-state index in [1.807, 2.05) is 30.3 Å². The van der Waals surface area contributed by atoms with Gasteiger partial charge in [0.25, 0.3) is 0 Å². The number of thioether (sulfide) groups is 1. The number of allylic oxidation sites excluding steroid dienone is 1. The first-order chi connectivity index (χ1) is 9.69. The third kappa shape index (κ3) is 3.03. The van der Waals surface area contributed by atoms with Gasteiger partial charge in [-0.3, -0.25) is 4.79 Å². The fourth-order valence-corrected chi connectivity index (χ4v) is 2.92. The first kappa shape index (κ1) is 14.6. The molecule has 1 heterocycles. The van der Waals surface area contributed by atoms with Crippen LogP contribution in [0.15, 0.2) is 40.6 Å². The Morgan fingerprint density at radius 2 is 2.00 bits per heavy atom. The number of carboxylic acids is 1. The Morgan fingerprint density at radius 1 is 1.35 bits per heavy atom. The molecule has 1 N–H and O–H groups in total. The number of carbonyl (C=O) groups is 1. The minimum absolute atomic E-state index is 0.480. The van der Waals surface area contributed by atoms with E-state index in [0.29, 0.717) is 26.1 Å². The Morgan fingerprint density at radius 3 is 2.55 bits per heavy atom. The molecule has 1 aliphatic heterocycles. The van der Waals surface area contributed by atoms with Crippen LogP contribution >= 0.6 is 11.8 Å². The number of benzene rings is 1. The molecule has 1 aromatic rings. The Kier molecular flexibility index (Phi) is 4.83. The smallest absolute Gasteiger partial charge is 0.314 e. The van der Waals surface area contributed by atoms with Crippen molar-refractivity contribution < 1.29 is 14.6 Å². The van der Waals surface area contributed by atoms with Gasteiger partial charge in [0.1, 0.15) is 0 Å². The van der Waals surface area contributed by atoms with E-state index >= 15 is 0 Å². The van der Waals surface area contributed by atoms with Gasteiger partial charge in [-0.15, -0.1) is 0 Å². The standard InChI is InChI=1S/C15H15NO3S/c16-8-1-11-20-13-4-2-12(3-5-13)15(14(17)18)6-9-19-10-7-15/h1-5,11H,6-7,9-10H2,(H,17,18)/b11-1+. The highest BCUT2D eigenvalue weighted by Crippen LogP contribution is 2.36. The zero-order valence-corrected chi connectivity index (χ0v) is 11.7. The van der Waals surface area contributed by atoms with Crippen molar-refractivity contribution in [2.24, 2.45) is 0 Å². The number of nitrogens with zero attached hydrogens (tertiary/aromatic N) is 1. The summed E-state index contributed by atoms with van der Waals surface area (Å²) in [5, 5.41) is 19.7. The van der Waals surface area contributed by atoms with Crippen LogP contribution in [-0.4, -0.2) is 24.3 Å². The van der Waals surface area contributed by atoms with Gasteiger partial charge in [0.2, 0.25) is 0 Å². The molecule has 0 bridgehead atoms. The number of aliphatic carboxylic acids is 1. The predicted octanol–water partition coefficient (Wildman–Crippen LogP) is 2.95. The molecular formula is C15H15NO3S. The van der Waals surface area contributed by atoms with Gasteiger partial charge in [-0.2, -0.15) is 5.26 Å². The first-order valence-electron chi connectivity index (χ1n) is 6.32. The lowest BCUT2D eigenvalue weighted by Crippen LogP contribution is -2.41. The lowest BCUT2D eigenvalue weighted by atomic mass is 9.74. The van der Waals surface area contributed by atoms with Crippen molar-refractivity contribution in [3.05, 3.63) is 41.3 Å². The topological polar surface area (TPSA) is 70.3 Å². The van der Waals surface area contributed by atoms with E-state index in [2.05, 4.69) is 0 Å². The Hall–Kier alpha value is -1.77. The Labute approximate surface area is 122 Å². The SMILES string of the molecule is N#C/C=C/Sc1ccc(C2(C(=O)O)CCOCC2)cc1. The molecule has 0 unspecified atom stereocenters. The Balaban J connectivity index is 2.21. The van der Waals surface area contributed by atoms with Gasteiger partial charge in [-0.1, -0.05) is 23.9 Å². The lowest BCUT2D eigenvalue weighted by molar-refractivity contribution is -0.147. The van der Waals surface area contributed by atoms with E-state index in [9.17, 15) is 9.90 Å². The molecule has 0 aliphatic carbocycles. The van der Waals surface area contributed by atoms with Crippen molar-refractivity contribution in [1.82, 2.24) is 0 Å². The average Bonchev–Trinajstić information content (AvgIpc) is 2.49. The largest absolute Gasteiger partial charge is 0.481 e. The third-order valence-corrected chi connectivity index (χ3v) is 4.33. The average molecular weight is 289 g/mol. The minimum atomic E-state index is -0.829. The zero-order valence-electron chi connectivity index (χ0n) is 10.9. The van der Waals surface area contributed by atoms with Gasteiger partial charge in [-0.05, 0) is 35.9 Å². The molecule has 0 spiro atoms. The van der Waals surface area contributed by atoms with E-state index in [-0.39, 0.29) is 0 Å². The second kappa shape index (κ2) is 6.60. The van der Waals surface area contributed by atoms with Gasteiger partial charge in [0.05, 0.1) is 11.5 Å². The molecule has 0 saturated carbocycles. The summed E-state index contributed by atoms with van der Waals surface area (Å²) < 4.78 is 5.28. The van der Waals surface area contributed by atoms with Crippen molar-refractivity contribution in [2.75, 3.05) is 13.2 Å². The van der Waals surface area contributed by atoms with E-state index in [1.165, 1.54) is 17.8 Å². The molecule has 2 rings (SSSR count). The summed E-state index contributed by atoms with van der Waals surface area (Å²) in [6.07, 6.45) is 2.42. The van der Waals surface area contributed by atoms with E-state index in [0.717, 1.165) is 10.5 Å². The summed E-state index contributed by atoms with van der Waals surface area (Å²) in [5.41, 5.74) is -0.00821. The van der Waals surface area contributed by atoms with E-state index in [4.69, 9.17) is 10.00 Å². The van der Waals surface area contributed by atoms with Gasteiger partial charge in [-0.25, -0.2) is 0 Å². The molecule has 0 radical (unpaired) electrons. The molecule has 1 saturated heterocycles. The maximum absolute atomic E-state index is 11.7. The van der Waals surface area contributed by atoms with Crippen LogP contribution in [-0.2, 0) is 14.9 Å². The van der Waals surface area contributed by atoms with E-state index in [1.54, 1.807) is 5.41 Å². The van der Waals surface area contributed by atoms with Crippen LogP contribution in [0.1, 0.15) is 18.4 Å². The minimum Gasteiger partial charge on any atom is -0.481 e. The number of nitriles is 1. The highest BCUT2D eigenvalue weighted by atomic mass is 32.2. The number of carboxylic acid groups (broad SMARTS) is 1. The molecule has 4 nitrogen and oxygen atoms in total. The maximum Gasteiger partial charge on any atom is 0.314 e. The summed E-state index contributed by atoms with van der Waals surface area (Å²) in [6.45, 7) is 0.960. The number of hydrogen-bond donors (Lipinski definition) is 1. The third-order valence-electron chi connectivity index (χ3n) is 3.51. The van der Waals surface area contributed by atoms with Gasteiger partial charge in [0.15, 0.2) is 0 Å². The monoisotopic (exact) mass is 289 g/mol. The van der Waals surface area contributed by atoms with Crippen molar-refractivity contribution in [3.8, 4) is 6.07 Å². The zero-order chi connectivity index (χ0) is 14.4. The van der Waals surface area contributed by atoms with Crippen LogP contribution < -0.4 is 0 Å². The van der Waals surface area contributed by atoms with Crippen LogP contribution in [0.25, 0.3) is 0 Å². The quantitative estimate of drug-likeness (QED) is 0.681. The van der Waals surface area contributed by atoms with Crippen molar-refractivity contribution in [1.29, 1.82) is 5.26 Å². The van der Waals surface area contributed by atoms with Gasteiger partial charge < -0.3 is 9.84 Å². The molecule has 0 amide bonds. The molecular weight excluding hydrogens is 274 g/mol. The molecule has 20 heavy (non-hydrogen) atoms. The molecule has 1 aliphatic rings. The highest BCUT2D eigenvalue weighted by molar-refractivity contribution is 8.02. The van der Waals surface area contributed by atoms with Crippen LogP contribution in [0.4, 0.5) is 0 Å². The fourth-order valence-electron chi connectivity index (χ4n) is 2.34. The lowest BCUT2D eigenvalue weighted by Gasteiger charge is -2.33. The van der Waals surface area contributed by atoms with Crippen LogP contribution in [0, 0.1) is 11.3 Å². The summed E-state index contributed by atoms with van der Waals surface area (Å²) >= 11 is 1.43. The van der Waals surface area contributed by atoms with Crippen LogP contribution in [0.2, 0.25) is 0 Å². The first-order valence-corrected chi connectivity index (χ1v) is 7.20. The molecule has 104 valence electrons. The summed E-state index contributed by atoms with van der Waals surface area (Å²) in [5.74, 6) is -0.787. The molecule has 0 atom stereocenters. The normalized spacial score (nSPS) is 17.8. The fraction of sp³-hybridized carbons (Fsp3) is 0.333. The Bertz CT molecular complexity index is 539. The summed E-state index contributed by atoms with van der Waals surface area (Å²) in [4.78, 5) is 12.6. The van der Waals surface area contributed by atoms with Gasteiger partial charge in [0, 0.05) is 24.2 Å². The number of rotatable bonds is 4. The van der Waals surface area contributed by atoms with Crippen molar-refractivity contribution in [3.63, 3.8) is 0 Å². The molecule has 5 heteroatoms. The van der Waals surface area contributed by atoms with Crippen LogP contribution in [0.5, 0.6) is 0 Å². The predicted molar refractivity (Wildman–Crippen MR) is 76.4 cm³/mol. The summed E-state index contributed by atoms with van der Waals surface area (Å²) in [7, 11) is 0. The molecule has 0 aromatic heterocycles. The van der Waals surface area contributed by atoms with Gasteiger partial charge >= 0.3 is 5.97 Å². The number of hydrogen-bond acceptors (Lipinski definition) is 4. The van der Waals surface area contributed by atoms with E-state index < -0.39 is 11.4 Å². The second-order valence-electron chi connectivity index (χ2n) is 4.57. The van der Waals surface area contributed by atoms with Crippen LogP contribution in [0.3, 0.4) is 0 Å². The second-order valence-corrected chi connectivity index (χ2v) is 5.55.